The monoisotopic (exact) mass is 280 g/mol. The predicted octanol–water partition coefficient (Wildman–Crippen LogP) is 1.52. The number of hydrogen-bond donors (Lipinski definition) is 1. The normalized spacial score (nSPS) is 25.7. The van der Waals surface area contributed by atoms with Crippen LogP contribution in [-0.2, 0) is 9.53 Å². The van der Waals surface area contributed by atoms with Crippen LogP contribution in [0.2, 0.25) is 5.02 Å². The largest absolute Gasteiger partial charge is 0.379 e. The highest BCUT2D eigenvalue weighted by Crippen LogP contribution is 2.31. The maximum Gasteiger partial charge on any atom is 0.256 e. The summed E-state index contributed by atoms with van der Waals surface area (Å²) in [5.74, 6) is -0.381. The fourth-order valence-corrected chi connectivity index (χ4v) is 2.89. The molecule has 1 N–H and O–H groups in total. The quantitative estimate of drug-likeness (QED) is 0.848. The summed E-state index contributed by atoms with van der Waals surface area (Å²) in [6.07, 6.45) is 0.414. The molecule has 0 radical (unpaired) electrons. The molecule has 2 atom stereocenters. The minimum Gasteiger partial charge on any atom is -0.379 e. The van der Waals surface area contributed by atoms with Gasteiger partial charge in [-0.2, -0.15) is 0 Å². The van der Waals surface area contributed by atoms with Gasteiger partial charge in [-0.15, -0.1) is 0 Å². The summed E-state index contributed by atoms with van der Waals surface area (Å²) in [4.78, 5) is 26.3. The van der Waals surface area contributed by atoms with Gasteiger partial charge in [-0.25, -0.2) is 0 Å². The zero-order valence-electron chi connectivity index (χ0n) is 10.4. The Hall–Kier alpha value is -1.59. The van der Waals surface area contributed by atoms with Crippen LogP contribution in [-0.4, -0.2) is 42.5 Å². The first-order valence-corrected chi connectivity index (χ1v) is 6.44. The molecular formula is C13H13ClN2O3. The third-order valence-electron chi connectivity index (χ3n) is 3.64. The third-order valence-corrected chi connectivity index (χ3v) is 3.88. The molecule has 1 saturated heterocycles. The molecule has 0 saturated carbocycles. The summed E-state index contributed by atoms with van der Waals surface area (Å²) in [6.45, 7) is 0.525. The van der Waals surface area contributed by atoms with Crippen molar-refractivity contribution in [2.24, 2.45) is 0 Å². The lowest BCUT2D eigenvalue weighted by Gasteiger charge is -2.23. The van der Waals surface area contributed by atoms with E-state index >= 15 is 0 Å². The lowest BCUT2D eigenvalue weighted by atomic mass is 10.1. The van der Waals surface area contributed by atoms with Gasteiger partial charge in [-0.05, 0) is 24.6 Å². The van der Waals surface area contributed by atoms with Crippen LogP contribution in [0.15, 0.2) is 18.2 Å². The number of hydrogen-bond acceptors (Lipinski definition) is 3. The standard InChI is InChI=1S/C13H13ClN2O3/c1-19-10-4-5-16-11(10)12(17)15-9-6-7(14)2-3-8(9)13(16)18/h2-3,6,10-11H,4-5H2,1H3,(H,15,17)/t10-,11-/m0/s1. The average molecular weight is 281 g/mol. The molecule has 100 valence electrons. The molecule has 2 aliphatic heterocycles. The van der Waals surface area contributed by atoms with Gasteiger partial charge in [0.1, 0.15) is 6.04 Å². The van der Waals surface area contributed by atoms with Crippen molar-refractivity contribution >= 4 is 29.1 Å². The van der Waals surface area contributed by atoms with Crippen LogP contribution in [0.1, 0.15) is 16.8 Å². The van der Waals surface area contributed by atoms with E-state index in [9.17, 15) is 9.59 Å². The highest BCUT2D eigenvalue weighted by atomic mass is 35.5. The molecule has 1 aromatic rings. The average Bonchev–Trinajstić information content (AvgIpc) is 2.78. The second-order valence-corrected chi connectivity index (χ2v) is 5.12. The Labute approximate surface area is 115 Å². The Kier molecular flexibility index (Phi) is 2.95. The van der Waals surface area contributed by atoms with Gasteiger partial charge in [0.05, 0.1) is 17.4 Å². The SMILES string of the molecule is CO[C@H]1CCN2C(=O)c3ccc(Cl)cc3NC(=O)[C@H]12. The number of ether oxygens (including phenoxy) is 1. The third kappa shape index (κ3) is 1.89. The highest BCUT2D eigenvalue weighted by Gasteiger charge is 2.44. The Morgan fingerprint density at radius 1 is 1.42 bits per heavy atom. The fraction of sp³-hybridized carbons (Fsp3) is 0.385. The zero-order chi connectivity index (χ0) is 13.6. The molecular weight excluding hydrogens is 268 g/mol. The van der Waals surface area contributed by atoms with Crippen molar-refractivity contribution in [2.45, 2.75) is 18.6 Å². The van der Waals surface area contributed by atoms with Crippen molar-refractivity contribution in [2.75, 3.05) is 19.0 Å². The van der Waals surface area contributed by atoms with E-state index in [1.54, 1.807) is 30.2 Å². The number of amides is 2. The van der Waals surface area contributed by atoms with Crippen molar-refractivity contribution in [3.05, 3.63) is 28.8 Å². The molecule has 2 aliphatic rings. The first kappa shape index (κ1) is 12.4. The Morgan fingerprint density at radius 3 is 2.95 bits per heavy atom. The maximum absolute atomic E-state index is 12.5. The second kappa shape index (κ2) is 4.51. The number of fused-ring (bicyclic) bond motifs is 2. The molecule has 2 heterocycles. The van der Waals surface area contributed by atoms with Gasteiger partial charge < -0.3 is 15.0 Å². The minimum absolute atomic E-state index is 0.158. The Balaban J connectivity index is 2.07. The molecule has 1 aromatic carbocycles. The molecule has 0 bridgehead atoms. The number of benzene rings is 1. The molecule has 2 amide bonds. The van der Waals surface area contributed by atoms with E-state index in [2.05, 4.69) is 5.32 Å². The molecule has 0 unspecified atom stereocenters. The van der Waals surface area contributed by atoms with E-state index < -0.39 is 6.04 Å². The van der Waals surface area contributed by atoms with Gasteiger partial charge in [0.15, 0.2) is 0 Å². The van der Waals surface area contributed by atoms with Crippen molar-refractivity contribution < 1.29 is 14.3 Å². The first-order chi connectivity index (χ1) is 9.11. The van der Waals surface area contributed by atoms with Gasteiger partial charge in [0.25, 0.3) is 5.91 Å². The van der Waals surface area contributed by atoms with Crippen molar-refractivity contribution in [1.29, 1.82) is 0 Å². The molecule has 6 heteroatoms. The summed E-state index contributed by atoms with van der Waals surface area (Å²) in [5, 5.41) is 3.25. The first-order valence-electron chi connectivity index (χ1n) is 6.06. The highest BCUT2D eigenvalue weighted by molar-refractivity contribution is 6.31. The van der Waals surface area contributed by atoms with Crippen molar-refractivity contribution in [3.63, 3.8) is 0 Å². The van der Waals surface area contributed by atoms with Crippen molar-refractivity contribution in [1.82, 2.24) is 4.90 Å². The maximum atomic E-state index is 12.5. The van der Waals surface area contributed by atoms with E-state index in [1.165, 1.54) is 0 Å². The number of rotatable bonds is 1. The summed E-state index contributed by atoms with van der Waals surface area (Å²) >= 11 is 5.90. The molecule has 19 heavy (non-hydrogen) atoms. The van der Waals surface area contributed by atoms with E-state index in [1.807, 2.05) is 0 Å². The van der Waals surface area contributed by atoms with Crippen LogP contribution in [0.4, 0.5) is 5.69 Å². The van der Waals surface area contributed by atoms with Gasteiger partial charge >= 0.3 is 0 Å². The minimum atomic E-state index is -0.566. The van der Waals surface area contributed by atoms with Gasteiger partial charge in [0.2, 0.25) is 5.91 Å². The van der Waals surface area contributed by atoms with Gasteiger partial charge in [0, 0.05) is 18.7 Å². The number of nitrogens with zero attached hydrogens (tertiary/aromatic N) is 1. The second-order valence-electron chi connectivity index (χ2n) is 4.69. The summed E-state index contributed by atoms with van der Waals surface area (Å²) < 4.78 is 5.30. The molecule has 5 nitrogen and oxygen atoms in total. The van der Waals surface area contributed by atoms with Gasteiger partial charge in [-0.3, -0.25) is 9.59 Å². The summed E-state index contributed by atoms with van der Waals surface area (Å²) in [5.41, 5.74) is 0.934. The smallest absolute Gasteiger partial charge is 0.256 e. The van der Waals surface area contributed by atoms with E-state index in [0.717, 1.165) is 0 Å². The number of halogens is 1. The molecule has 0 spiro atoms. The molecule has 0 aromatic heterocycles. The van der Waals surface area contributed by atoms with Gasteiger partial charge in [-0.1, -0.05) is 11.6 Å². The number of methoxy groups -OCH3 is 1. The number of anilines is 1. The summed E-state index contributed by atoms with van der Waals surface area (Å²) in [7, 11) is 1.56. The van der Waals surface area contributed by atoms with E-state index in [-0.39, 0.29) is 17.9 Å². The van der Waals surface area contributed by atoms with E-state index in [4.69, 9.17) is 16.3 Å². The van der Waals surface area contributed by atoms with Crippen LogP contribution in [0.25, 0.3) is 0 Å². The van der Waals surface area contributed by atoms with Crippen LogP contribution in [0.3, 0.4) is 0 Å². The van der Waals surface area contributed by atoms with Crippen molar-refractivity contribution in [3.8, 4) is 0 Å². The summed E-state index contributed by atoms with van der Waals surface area (Å²) in [6, 6.07) is 4.32. The lowest BCUT2D eigenvalue weighted by Crippen LogP contribution is -2.46. The van der Waals surface area contributed by atoms with Crippen LogP contribution in [0, 0.1) is 0 Å². The number of nitrogens with one attached hydrogen (secondary N) is 1. The lowest BCUT2D eigenvalue weighted by molar-refractivity contribution is -0.122. The molecule has 0 aliphatic carbocycles. The zero-order valence-corrected chi connectivity index (χ0v) is 11.1. The Bertz CT molecular complexity index is 561. The van der Waals surface area contributed by atoms with Crippen LogP contribution >= 0.6 is 11.6 Å². The predicted molar refractivity (Wildman–Crippen MR) is 70.3 cm³/mol. The topological polar surface area (TPSA) is 58.6 Å². The number of carbonyl (C=O) groups is 2. The van der Waals surface area contributed by atoms with E-state index in [0.29, 0.717) is 29.2 Å². The van der Waals surface area contributed by atoms with Crippen LogP contribution < -0.4 is 5.32 Å². The molecule has 1 fully saturated rings. The molecule has 3 rings (SSSR count). The number of carbonyl (C=O) groups excluding carboxylic acids is 2. The Morgan fingerprint density at radius 2 is 2.21 bits per heavy atom. The van der Waals surface area contributed by atoms with Crippen LogP contribution in [0.5, 0.6) is 0 Å². The fourth-order valence-electron chi connectivity index (χ4n) is 2.72.